The van der Waals surface area contributed by atoms with Crippen LogP contribution in [0.4, 0.5) is 10.5 Å². The van der Waals surface area contributed by atoms with Crippen molar-refractivity contribution in [3.05, 3.63) is 89.5 Å². The van der Waals surface area contributed by atoms with Crippen LogP contribution in [-0.2, 0) is 22.5 Å². The minimum atomic E-state index is -0.799. The van der Waals surface area contributed by atoms with Crippen molar-refractivity contribution in [3.63, 3.8) is 0 Å². The molecule has 0 saturated carbocycles. The molecule has 0 heterocycles. The lowest BCUT2D eigenvalue weighted by atomic mass is 10.1. The van der Waals surface area contributed by atoms with Crippen molar-refractivity contribution in [2.75, 3.05) is 19.0 Å². The summed E-state index contributed by atoms with van der Waals surface area (Å²) < 4.78 is 14.8. The van der Waals surface area contributed by atoms with E-state index < -0.39 is 6.16 Å². The molecule has 0 atom stereocenters. The van der Waals surface area contributed by atoms with Gasteiger partial charge in [-0.05, 0) is 66.6 Å². The number of amides is 2. The average molecular weight is 463 g/mol. The van der Waals surface area contributed by atoms with Gasteiger partial charge in [-0.1, -0.05) is 24.3 Å². The number of anilines is 1. The van der Waals surface area contributed by atoms with Gasteiger partial charge in [0.25, 0.3) is 5.91 Å². The Balaban J connectivity index is 1.51. The van der Waals surface area contributed by atoms with Gasteiger partial charge in [0.05, 0.1) is 20.1 Å². The maximum absolute atomic E-state index is 12.6. The van der Waals surface area contributed by atoms with Gasteiger partial charge in [-0.25, -0.2) is 4.79 Å². The summed E-state index contributed by atoms with van der Waals surface area (Å²) in [7, 11) is 1.59. The van der Waals surface area contributed by atoms with E-state index in [9.17, 15) is 14.4 Å². The van der Waals surface area contributed by atoms with Gasteiger partial charge in [0.15, 0.2) is 0 Å². The highest BCUT2D eigenvalue weighted by Gasteiger charge is 2.10. The van der Waals surface area contributed by atoms with Crippen LogP contribution in [0.1, 0.15) is 28.4 Å². The Labute approximate surface area is 197 Å². The van der Waals surface area contributed by atoms with E-state index in [1.54, 1.807) is 44.4 Å². The quantitative estimate of drug-likeness (QED) is 0.362. The van der Waals surface area contributed by atoms with Crippen LogP contribution in [-0.4, -0.2) is 31.7 Å². The molecule has 3 aromatic rings. The third-order valence-electron chi connectivity index (χ3n) is 4.78. The number of rotatable bonds is 9. The molecule has 0 fully saturated rings. The monoisotopic (exact) mass is 462 g/mol. The molecule has 0 unspecified atom stereocenters. The van der Waals surface area contributed by atoms with Gasteiger partial charge in [-0.2, -0.15) is 0 Å². The van der Waals surface area contributed by atoms with E-state index in [0.29, 0.717) is 17.8 Å². The largest absolute Gasteiger partial charge is 0.513 e. The highest BCUT2D eigenvalue weighted by Crippen LogP contribution is 2.16. The fraction of sp³-hybridized carbons (Fsp3) is 0.192. The summed E-state index contributed by atoms with van der Waals surface area (Å²) in [6.07, 6.45) is -0.538. The Morgan fingerprint density at radius 3 is 2.24 bits per heavy atom. The second-order valence-corrected chi connectivity index (χ2v) is 7.27. The average Bonchev–Trinajstić information content (AvgIpc) is 2.84. The summed E-state index contributed by atoms with van der Waals surface area (Å²) >= 11 is 0. The van der Waals surface area contributed by atoms with E-state index in [1.165, 1.54) is 12.1 Å². The summed E-state index contributed by atoms with van der Waals surface area (Å²) in [5.74, 6) is 0.597. The van der Waals surface area contributed by atoms with Crippen LogP contribution in [0.25, 0.3) is 0 Å². The molecule has 0 radical (unpaired) electrons. The molecule has 34 heavy (non-hydrogen) atoms. The van der Waals surface area contributed by atoms with Crippen molar-refractivity contribution in [2.45, 2.75) is 19.9 Å². The number of carbonyl (C=O) groups is 3. The van der Waals surface area contributed by atoms with Crippen LogP contribution in [0.2, 0.25) is 0 Å². The molecule has 0 aromatic heterocycles. The standard InChI is InChI=1S/C26H26N2O6/c1-3-33-26(31)34-23-13-9-20(10-14-23)25(30)28-21-6-4-5-19(15-21)17-27-24(29)16-18-7-11-22(32-2)12-8-18/h4-15H,3,16-17H2,1-2H3,(H,27,29)(H,28,30). The fourth-order valence-electron chi connectivity index (χ4n) is 3.07. The van der Waals surface area contributed by atoms with Gasteiger partial charge >= 0.3 is 6.16 Å². The molecule has 3 aromatic carbocycles. The number of ether oxygens (including phenoxy) is 3. The lowest BCUT2D eigenvalue weighted by Crippen LogP contribution is -2.24. The predicted molar refractivity (Wildman–Crippen MR) is 127 cm³/mol. The molecular formula is C26H26N2O6. The summed E-state index contributed by atoms with van der Waals surface area (Å²) in [5, 5.41) is 5.71. The third kappa shape index (κ3) is 7.37. The molecule has 2 N–H and O–H groups in total. The molecule has 0 aliphatic rings. The number of hydrogen-bond donors (Lipinski definition) is 2. The van der Waals surface area contributed by atoms with Gasteiger partial charge in [0, 0.05) is 17.8 Å². The van der Waals surface area contributed by atoms with Crippen LogP contribution >= 0.6 is 0 Å². The first kappa shape index (κ1) is 24.3. The summed E-state index contributed by atoms with van der Waals surface area (Å²) in [5.41, 5.74) is 2.73. The highest BCUT2D eigenvalue weighted by atomic mass is 16.7. The van der Waals surface area contributed by atoms with E-state index in [2.05, 4.69) is 10.6 Å². The van der Waals surface area contributed by atoms with Crippen molar-refractivity contribution < 1.29 is 28.6 Å². The Morgan fingerprint density at radius 1 is 0.853 bits per heavy atom. The van der Waals surface area contributed by atoms with Crippen molar-refractivity contribution >= 4 is 23.7 Å². The van der Waals surface area contributed by atoms with Crippen LogP contribution in [0.15, 0.2) is 72.8 Å². The van der Waals surface area contributed by atoms with Gasteiger partial charge in [0.1, 0.15) is 11.5 Å². The van der Waals surface area contributed by atoms with Crippen LogP contribution in [0.3, 0.4) is 0 Å². The van der Waals surface area contributed by atoms with E-state index in [-0.39, 0.29) is 30.6 Å². The molecule has 8 heteroatoms. The fourth-order valence-corrected chi connectivity index (χ4v) is 3.07. The summed E-state index contributed by atoms with van der Waals surface area (Å²) in [4.78, 5) is 36.2. The zero-order valence-electron chi connectivity index (χ0n) is 19.0. The Hall–Kier alpha value is -4.33. The van der Waals surface area contributed by atoms with E-state index in [1.807, 2.05) is 30.3 Å². The Morgan fingerprint density at radius 2 is 1.56 bits per heavy atom. The number of nitrogens with one attached hydrogen (secondary N) is 2. The van der Waals surface area contributed by atoms with Gasteiger partial charge in [-0.15, -0.1) is 0 Å². The molecular weight excluding hydrogens is 436 g/mol. The molecule has 0 bridgehead atoms. The lowest BCUT2D eigenvalue weighted by molar-refractivity contribution is -0.120. The molecule has 3 rings (SSSR count). The molecule has 2 amide bonds. The first-order valence-corrected chi connectivity index (χ1v) is 10.7. The SMILES string of the molecule is CCOC(=O)Oc1ccc(C(=O)Nc2cccc(CNC(=O)Cc3ccc(OC)cc3)c2)cc1. The van der Waals surface area contributed by atoms with Crippen LogP contribution < -0.4 is 20.1 Å². The number of methoxy groups -OCH3 is 1. The summed E-state index contributed by atoms with van der Waals surface area (Å²) in [6, 6.07) is 20.7. The predicted octanol–water partition coefficient (Wildman–Crippen LogP) is 4.34. The highest BCUT2D eigenvalue weighted by molar-refractivity contribution is 6.04. The molecule has 8 nitrogen and oxygen atoms in total. The van der Waals surface area contributed by atoms with Gasteiger partial charge in [0.2, 0.25) is 5.91 Å². The van der Waals surface area contributed by atoms with Crippen LogP contribution in [0, 0.1) is 0 Å². The first-order chi connectivity index (χ1) is 16.5. The van der Waals surface area contributed by atoms with E-state index in [4.69, 9.17) is 14.2 Å². The molecule has 176 valence electrons. The van der Waals surface area contributed by atoms with Gasteiger partial charge < -0.3 is 24.8 Å². The summed E-state index contributed by atoms with van der Waals surface area (Å²) in [6.45, 7) is 2.23. The zero-order chi connectivity index (χ0) is 24.3. The number of carbonyl (C=O) groups excluding carboxylic acids is 3. The topological polar surface area (TPSA) is 103 Å². The van der Waals surface area contributed by atoms with Crippen molar-refractivity contribution in [3.8, 4) is 11.5 Å². The first-order valence-electron chi connectivity index (χ1n) is 10.7. The van der Waals surface area contributed by atoms with Crippen LogP contribution in [0.5, 0.6) is 11.5 Å². The van der Waals surface area contributed by atoms with Crippen molar-refractivity contribution in [2.24, 2.45) is 0 Å². The second kappa shape index (κ2) is 12.1. The van der Waals surface area contributed by atoms with E-state index >= 15 is 0 Å². The Kier molecular flexibility index (Phi) is 8.62. The Bertz CT molecular complexity index is 1130. The molecule has 0 saturated heterocycles. The maximum Gasteiger partial charge on any atom is 0.513 e. The minimum absolute atomic E-state index is 0.107. The lowest BCUT2D eigenvalue weighted by Gasteiger charge is -2.10. The number of benzene rings is 3. The molecule has 0 spiro atoms. The normalized spacial score (nSPS) is 10.2. The molecule has 0 aliphatic heterocycles. The maximum atomic E-state index is 12.6. The number of hydrogen-bond acceptors (Lipinski definition) is 6. The van der Waals surface area contributed by atoms with Gasteiger partial charge in [-0.3, -0.25) is 9.59 Å². The van der Waals surface area contributed by atoms with Crippen molar-refractivity contribution in [1.82, 2.24) is 5.32 Å². The van der Waals surface area contributed by atoms with Crippen molar-refractivity contribution in [1.29, 1.82) is 0 Å². The van der Waals surface area contributed by atoms with E-state index in [0.717, 1.165) is 16.9 Å². The molecule has 0 aliphatic carbocycles. The third-order valence-corrected chi connectivity index (χ3v) is 4.78. The smallest absolute Gasteiger partial charge is 0.497 e. The zero-order valence-corrected chi connectivity index (χ0v) is 19.0. The second-order valence-electron chi connectivity index (χ2n) is 7.27. The minimum Gasteiger partial charge on any atom is -0.497 e.